The Bertz CT molecular complexity index is 381. The normalized spacial score (nSPS) is 16.5. The van der Waals surface area contributed by atoms with Gasteiger partial charge in [-0.1, -0.05) is 30.3 Å². The van der Waals surface area contributed by atoms with Gasteiger partial charge in [-0.25, -0.2) is 0 Å². The van der Waals surface area contributed by atoms with Crippen LogP contribution in [-0.2, 0) is 11.3 Å². The van der Waals surface area contributed by atoms with Gasteiger partial charge in [0.1, 0.15) is 0 Å². The second-order valence-corrected chi connectivity index (χ2v) is 4.18. The summed E-state index contributed by atoms with van der Waals surface area (Å²) in [4.78, 5) is 11.4. The molecule has 0 aromatic heterocycles. The summed E-state index contributed by atoms with van der Waals surface area (Å²) in [5.74, 6) is 0.257. The predicted octanol–water partition coefficient (Wildman–Crippen LogP) is 2.80. The van der Waals surface area contributed by atoms with Crippen molar-refractivity contribution in [3.05, 3.63) is 47.7 Å². The van der Waals surface area contributed by atoms with Gasteiger partial charge in [0.15, 0.2) is 5.78 Å². The van der Waals surface area contributed by atoms with Crippen molar-refractivity contribution in [3.8, 4) is 0 Å². The van der Waals surface area contributed by atoms with E-state index < -0.39 is 0 Å². The average molecular weight is 215 g/mol. The molecule has 1 aliphatic rings. The zero-order valence-corrected chi connectivity index (χ0v) is 9.41. The van der Waals surface area contributed by atoms with Gasteiger partial charge < -0.3 is 5.32 Å². The largest absolute Gasteiger partial charge is 0.384 e. The molecule has 0 radical (unpaired) electrons. The number of hydrogen-bond donors (Lipinski definition) is 1. The topological polar surface area (TPSA) is 29.1 Å². The molecule has 1 aromatic carbocycles. The predicted molar refractivity (Wildman–Crippen MR) is 64.8 cm³/mol. The molecule has 16 heavy (non-hydrogen) atoms. The van der Waals surface area contributed by atoms with Crippen LogP contribution in [-0.4, -0.2) is 5.78 Å². The second kappa shape index (κ2) is 5.50. The minimum absolute atomic E-state index is 0.257. The Morgan fingerprint density at radius 1 is 1.06 bits per heavy atom. The highest BCUT2D eigenvalue weighted by molar-refractivity contribution is 5.90. The fourth-order valence-corrected chi connectivity index (χ4v) is 1.90. The fourth-order valence-electron chi connectivity index (χ4n) is 1.90. The van der Waals surface area contributed by atoms with E-state index in [4.69, 9.17) is 0 Å². The molecule has 0 spiro atoms. The summed E-state index contributed by atoms with van der Waals surface area (Å²) in [6.07, 6.45) is 5.61. The van der Waals surface area contributed by atoms with Crippen molar-refractivity contribution < 1.29 is 4.79 Å². The van der Waals surface area contributed by atoms with Crippen LogP contribution in [0.2, 0.25) is 0 Å². The van der Waals surface area contributed by atoms with E-state index in [1.807, 2.05) is 18.2 Å². The van der Waals surface area contributed by atoms with E-state index in [2.05, 4.69) is 17.4 Å². The standard InChI is InChI=1S/C14H17NO/c16-14-9-5-4-8-13(10-14)15-11-12-6-2-1-3-7-12/h1-3,6-7,10,15H,4-5,8-9,11H2. The summed E-state index contributed by atoms with van der Waals surface area (Å²) in [5, 5.41) is 3.35. The summed E-state index contributed by atoms with van der Waals surface area (Å²) in [7, 11) is 0. The lowest BCUT2D eigenvalue weighted by molar-refractivity contribution is -0.114. The second-order valence-electron chi connectivity index (χ2n) is 4.18. The highest BCUT2D eigenvalue weighted by atomic mass is 16.1. The highest BCUT2D eigenvalue weighted by Crippen LogP contribution is 2.13. The molecule has 2 heteroatoms. The third kappa shape index (κ3) is 3.23. The van der Waals surface area contributed by atoms with E-state index in [0.29, 0.717) is 6.42 Å². The minimum Gasteiger partial charge on any atom is -0.384 e. The van der Waals surface area contributed by atoms with Crippen molar-refractivity contribution in [1.29, 1.82) is 0 Å². The summed E-state index contributed by atoms with van der Waals surface area (Å²) in [5.41, 5.74) is 2.34. The van der Waals surface area contributed by atoms with Crippen molar-refractivity contribution >= 4 is 5.78 Å². The van der Waals surface area contributed by atoms with Crippen molar-refractivity contribution in [3.63, 3.8) is 0 Å². The van der Waals surface area contributed by atoms with Crippen LogP contribution in [0.1, 0.15) is 31.2 Å². The van der Waals surface area contributed by atoms with Crippen molar-refractivity contribution in [2.75, 3.05) is 0 Å². The van der Waals surface area contributed by atoms with Crippen LogP contribution in [0, 0.1) is 0 Å². The van der Waals surface area contributed by atoms with Crippen LogP contribution in [0.3, 0.4) is 0 Å². The van der Waals surface area contributed by atoms with Crippen LogP contribution >= 0.6 is 0 Å². The molecular weight excluding hydrogens is 198 g/mol. The Morgan fingerprint density at radius 2 is 1.81 bits per heavy atom. The van der Waals surface area contributed by atoms with Gasteiger partial charge in [0, 0.05) is 24.7 Å². The summed E-state index contributed by atoms with van der Waals surface area (Å²) >= 11 is 0. The van der Waals surface area contributed by atoms with E-state index in [0.717, 1.165) is 31.5 Å². The number of nitrogens with one attached hydrogen (secondary N) is 1. The van der Waals surface area contributed by atoms with E-state index in [9.17, 15) is 4.79 Å². The van der Waals surface area contributed by atoms with E-state index >= 15 is 0 Å². The lowest BCUT2D eigenvalue weighted by atomic mass is 10.2. The fraction of sp³-hybridized carbons (Fsp3) is 0.357. The van der Waals surface area contributed by atoms with E-state index in [1.165, 1.54) is 5.56 Å². The van der Waals surface area contributed by atoms with Crippen LogP contribution in [0.4, 0.5) is 0 Å². The number of rotatable bonds is 3. The van der Waals surface area contributed by atoms with Gasteiger partial charge in [-0.3, -0.25) is 4.79 Å². The zero-order valence-electron chi connectivity index (χ0n) is 9.41. The Balaban J connectivity index is 1.92. The monoisotopic (exact) mass is 215 g/mol. The van der Waals surface area contributed by atoms with E-state index in [1.54, 1.807) is 6.08 Å². The quantitative estimate of drug-likeness (QED) is 0.840. The third-order valence-electron chi connectivity index (χ3n) is 2.82. The van der Waals surface area contributed by atoms with Gasteiger partial charge >= 0.3 is 0 Å². The summed E-state index contributed by atoms with van der Waals surface area (Å²) in [6.45, 7) is 0.806. The maximum Gasteiger partial charge on any atom is 0.157 e. The Kier molecular flexibility index (Phi) is 3.76. The Hall–Kier alpha value is -1.57. The molecule has 0 saturated carbocycles. The molecule has 0 aliphatic heterocycles. The van der Waals surface area contributed by atoms with Crippen molar-refractivity contribution in [2.24, 2.45) is 0 Å². The first kappa shape index (κ1) is 10.9. The van der Waals surface area contributed by atoms with Crippen LogP contribution in [0.25, 0.3) is 0 Å². The molecule has 0 unspecified atom stereocenters. The minimum atomic E-state index is 0.257. The summed E-state index contributed by atoms with van der Waals surface area (Å²) in [6, 6.07) is 10.3. The Labute approximate surface area is 96.4 Å². The van der Waals surface area contributed by atoms with Gasteiger partial charge in [-0.15, -0.1) is 0 Å². The Morgan fingerprint density at radius 3 is 2.62 bits per heavy atom. The molecule has 1 N–H and O–H groups in total. The number of carbonyl (C=O) groups is 1. The van der Waals surface area contributed by atoms with E-state index in [-0.39, 0.29) is 5.78 Å². The molecular formula is C14H17NO. The summed E-state index contributed by atoms with van der Waals surface area (Å²) < 4.78 is 0. The number of carbonyl (C=O) groups excluding carboxylic acids is 1. The van der Waals surface area contributed by atoms with Gasteiger partial charge in [0.25, 0.3) is 0 Å². The number of hydrogen-bond acceptors (Lipinski definition) is 2. The van der Waals surface area contributed by atoms with Gasteiger partial charge in [0.2, 0.25) is 0 Å². The molecule has 2 nitrogen and oxygen atoms in total. The van der Waals surface area contributed by atoms with Crippen LogP contribution in [0.5, 0.6) is 0 Å². The lowest BCUT2D eigenvalue weighted by Crippen LogP contribution is -2.13. The number of allylic oxidation sites excluding steroid dienone is 2. The number of benzene rings is 1. The maximum atomic E-state index is 11.4. The lowest BCUT2D eigenvalue weighted by Gasteiger charge is -2.08. The van der Waals surface area contributed by atoms with Gasteiger partial charge in [0.05, 0.1) is 0 Å². The molecule has 0 saturated heterocycles. The first-order chi connectivity index (χ1) is 7.84. The molecule has 1 aliphatic carbocycles. The third-order valence-corrected chi connectivity index (χ3v) is 2.82. The maximum absolute atomic E-state index is 11.4. The molecule has 0 amide bonds. The SMILES string of the molecule is O=C1C=C(NCc2ccccc2)CCCC1. The first-order valence-electron chi connectivity index (χ1n) is 5.86. The highest BCUT2D eigenvalue weighted by Gasteiger charge is 2.07. The van der Waals surface area contributed by atoms with Crippen molar-refractivity contribution in [1.82, 2.24) is 5.32 Å². The van der Waals surface area contributed by atoms with Crippen LogP contribution < -0.4 is 5.32 Å². The molecule has 2 rings (SSSR count). The smallest absolute Gasteiger partial charge is 0.157 e. The van der Waals surface area contributed by atoms with Crippen molar-refractivity contribution in [2.45, 2.75) is 32.2 Å². The molecule has 1 aromatic rings. The average Bonchev–Trinajstić information content (AvgIpc) is 2.52. The number of ketones is 1. The van der Waals surface area contributed by atoms with Crippen LogP contribution in [0.15, 0.2) is 42.1 Å². The molecule has 0 heterocycles. The molecule has 0 fully saturated rings. The first-order valence-corrected chi connectivity index (χ1v) is 5.86. The van der Waals surface area contributed by atoms with Gasteiger partial charge in [-0.2, -0.15) is 0 Å². The molecule has 0 atom stereocenters. The van der Waals surface area contributed by atoms with Gasteiger partial charge in [-0.05, 0) is 24.8 Å². The molecule has 0 bridgehead atoms. The molecule has 84 valence electrons. The zero-order chi connectivity index (χ0) is 11.2.